The molecule has 0 radical (unpaired) electrons. The van der Waals surface area contributed by atoms with E-state index in [9.17, 15) is 9.59 Å². The van der Waals surface area contributed by atoms with Crippen molar-refractivity contribution >= 4 is 23.3 Å². The zero-order valence-corrected chi connectivity index (χ0v) is 15.9. The summed E-state index contributed by atoms with van der Waals surface area (Å²) in [5.74, 6) is 0.889. The first-order valence-corrected chi connectivity index (χ1v) is 8.95. The maximum Gasteiger partial charge on any atom is 0.247 e. The van der Waals surface area contributed by atoms with E-state index in [0.29, 0.717) is 22.2 Å². The fourth-order valence-electron chi connectivity index (χ4n) is 2.47. The van der Waals surface area contributed by atoms with E-state index in [1.54, 1.807) is 37.4 Å². The van der Waals surface area contributed by atoms with Gasteiger partial charge in [0, 0.05) is 29.0 Å². The third-order valence-electron chi connectivity index (χ3n) is 3.97. The Balaban J connectivity index is 1.49. The number of hydrogen-bond donors (Lipinski definition) is 1. The van der Waals surface area contributed by atoms with Crippen molar-refractivity contribution in [2.24, 2.45) is 0 Å². The number of amides is 1. The van der Waals surface area contributed by atoms with E-state index in [4.69, 9.17) is 20.8 Å². The number of methoxy groups -OCH3 is 1. The Morgan fingerprint density at radius 2 is 1.89 bits per heavy atom. The number of ketones is 1. The van der Waals surface area contributed by atoms with Crippen LogP contribution in [0.2, 0.25) is 5.02 Å². The fraction of sp³-hybridized carbons (Fsp3) is 0.200. The number of ether oxygens (including phenoxy) is 1. The van der Waals surface area contributed by atoms with E-state index in [2.05, 4.69) is 15.5 Å². The number of halogens is 1. The van der Waals surface area contributed by atoms with Crippen LogP contribution in [0.15, 0.2) is 52.9 Å². The molecule has 0 fully saturated rings. The molecular formula is C20H18ClN3O4. The Hall–Kier alpha value is -3.19. The van der Waals surface area contributed by atoms with Gasteiger partial charge in [0.1, 0.15) is 5.75 Å². The second kappa shape index (κ2) is 9.14. The van der Waals surface area contributed by atoms with Crippen molar-refractivity contribution in [2.75, 3.05) is 7.11 Å². The molecule has 8 heteroatoms. The van der Waals surface area contributed by atoms with Crippen molar-refractivity contribution in [2.45, 2.75) is 19.4 Å². The maximum absolute atomic E-state index is 12.1. The highest BCUT2D eigenvalue weighted by Gasteiger charge is 2.12. The highest BCUT2D eigenvalue weighted by Crippen LogP contribution is 2.22. The number of aromatic nitrogens is 2. The van der Waals surface area contributed by atoms with E-state index in [0.717, 1.165) is 5.56 Å². The molecule has 0 saturated carbocycles. The first kappa shape index (κ1) is 19.6. The van der Waals surface area contributed by atoms with E-state index in [1.165, 1.54) is 0 Å². The van der Waals surface area contributed by atoms with Gasteiger partial charge in [-0.15, -0.1) is 10.2 Å². The van der Waals surface area contributed by atoms with E-state index in [-0.39, 0.29) is 37.0 Å². The second-order valence-electron chi connectivity index (χ2n) is 5.94. The van der Waals surface area contributed by atoms with Crippen molar-refractivity contribution in [3.63, 3.8) is 0 Å². The van der Waals surface area contributed by atoms with Crippen LogP contribution in [0.4, 0.5) is 0 Å². The molecule has 0 aliphatic carbocycles. The van der Waals surface area contributed by atoms with Crippen LogP contribution in [0.3, 0.4) is 0 Å². The van der Waals surface area contributed by atoms with Crippen molar-refractivity contribution in [3.05, 3.63) is 65.0 Å². The normalized spacial score (nSPS) is 10.5. The highest BCUT2D eigenvalue weighted by atomic mass is 35.5. The molecule has 3 aromatic rings. The van der Waals surface area contributed by atoms with E-state index >= 15 is 0 Å². The van der Waals surface area contributed by atoms with Crippen molar-refractivity contribution in [1.29, 1.82) is 0 Å². The third-order valence-corrected chi connectivity index (χ3v) is 4.22. The molecule has 1 heterocycles. The molecule has 7 nitrogen and oxygen atoms in total. The number of rotatable bonds is 8. The van der Waals surface area contributed by atoms with Gasteiger partial charge >= 0.3 is 0 Å². The van der Waals surface area contributed by atoms with Crippen LogP contribution in [0.25, 0.3) is 11.5 Å². The molecule has 0 atom stereocenters. The summed E-state index contributed by atoms with van der Waals surface area (Å²) < 4.78 is 10.7. The maximum atomic E-state index is 12.1. The monoisotopic (exact) mass is 399 g/mol. The minimum Gasteiger partial charge on any atom is -0.497 e. The minimum atomic E-state index is -0.275. The van der Waals surface area contributed by atoms with Crippen LogP contribution in [0.1, 0.15) is 29.1 Å². The van der Waals surface area contributed by atoms with Crippen LogP contribution in [0, 0.1) is 0 Å². The number of benzene rings is 2. The van der Waals surface area contributed by atoms with Crippen LogP contribution in [-0.2, 0) is 11.3 Å². The van der Waals surface area contributed by atoms with Crippen LogP contribution in [0.5, 0.6) is 5.75 Å². The molecular weight excluding hydrogens is 382 g/mol. The zero-order valence-electron chi connectivity index (χ0n) is 15.1. The van der Waals surface area contributed by atoms with Crippen molar-refractivity contribution < 1.29 is 18.7 Å². The Kier molecular flexibility index (Phi) is 6.39. The third kappa shape index (κ3) is 5.17. The standard InChI is InChI=1S/C20H18ClN3O4/c1-27-16-4-2-3-14(11-16)20-24-23-19(28-20)12-22-18(26)10-9-17(25)13-5-7-15(21)8-6-13/h2-8,11H,9-10,12H2,1H3,(H,22,26). The molecule has 0 unspecified atom stereocenters. The number of hydrogen-bond acceptors (Lipinski definition) is 6. The Morgan fingerprint density at radius 1 is 1.11 bits per heavy atom. The molecule has 3 rings (SSSR count). The van der Waals surface area contributed by atoms with Gasteiger partial charge in [-0.2, -0.15) is 0 Å². The lowest BCUT2D eigenvalue weighted by molar-refractivity contribution is -0.121. The number of Topliss-reactive ketones (excluding diaryl/α,β-unsaturated/α-hetero) is 1. The van der Waals surface area contributed by atoms with Gasteiger partial charge in [-0.1, -0.05) is 17.7 Å². The molecule has 0 aliphatic rings. The van der Waals surface area contributed by atoms with Gasteiger partial charge in [-0.3, -0.25) is 9.59 Å². The van der Waals surface area contributed by atoms with Crippen molar-refractivity contribution in [1.82, 2.24) is 15.5 Å². The molecule has 1 N–H and O–H groups in total. The molecule has 1 amide bonds. The highest BCUT2D eigenvalue weighted by molar-refractivity contribution is 6.30. The zero-order chi connectivity index (χ0) is 19.9. The smallest absolute Gasteiger partial charge is 0.247 e. The lowest BCUT2D eigenvalue weighted by Crippen LogP contribution is -2.23. The van der Waals surface area contributed by atoms with Crippen LogP contribution >= 0.6 is 11.6 Å². The van der Waals surface area contributed by atoms with Gasteiger partial charge in [0.05, 0.1) is 13.7 Å². The summed E-state index contributed by atoms with van der Waals surface area (Å²) in [6.07, 6.45) is 0.171. The molecule has 0 bridgehead atoms. The van der Waals surface area contributed by atoms with Gasteiger partial charge < -0.3 is 14.5 Å². The summed E-state index contributed by atoms with van der Waals surface area (Å²) >= 11 is 5.80. The van der Waals surface area contributed by atoms with Crippen LogP contribution < -0.4 is 10.1 Å². The molecule has 144 valence electrons. The van der Waals surface area contributed by atoms with Gasteiger partial charge in [0.15, 0.2) is 5.78 Å². The topological polar surface area (TPSA) is 94.3 Å². The average molecular weight is 400 g/mol. The second-order valence-corrected chi connectivity index (χ2v) is 6.38. The van der Waals surface area contributed by atoms with E-state index in [1.807, 2.05) is 18.2 Å². The van der Waals surface area contributed by atoms with Gasteiger partial charge in [-0.25, -0.2) is 0 Å². The number of carbonyl (C=O) groups is 2. The molecule has 28 heavy (non-hydrogen) atoms. The molecule has 2 aromatic carbocycles. The minimum absolute atomic E-state index is 0.0678. The first-order chi connectivity index (χ1) is 13.5. The summed E-state index contributed by atoms with van der Waals surface area (Å²) in [5, 5.41) is 11.1. The molecule has 1 aromatic heterocycles. The fourth-order valence-corrected chi connectivity index (χ4v) is 2.59. The Bertz CT molecular complexity index is 970. The average Bonchev–Trinajstić information content (AvgIpc) is 3.20. The Labute approximate surface area is 166 Å². The number of carbonyl (C=O) groups excluding carboxylic acids is 2. The van der Waals surface area contributed by atoms with Gasteiger partial charge in [-0.05, 0) is 42.5 Å². The lowest BCUT2D eigenvalue weighted by atomic mass is 10.1. The van der Waals surface area contributed by atoms with Crippen molar-refractivity contribution in [3.8, 4) is 17.2 Å². The Morgan fingerprint density at radius 3 is 2.64 bits per heavy atom. The van der Waals surface area contributed by atoms with Gasteiger partial charge in [0.2, 0.25) is 17.7 Å². The largest absolute Gasteiger partial charge is 0.497 e. The summed E-state index contributed by atoms with van der Waals surface area (Å²) in [6.45, 7) is 0.0882. The quantitative estimate of drug-likeness (QED) is 0.580. The number of nitrogens with one attached hydrogen (secondary N) is 1. The molecule has 0 spiro atoms. The molecule has 0 saturated heterocycles. The summed E-state index contributed by atoms with van der Waals surface area (Å²) in [7, 11) is 1.57. The van der Waals surface area contributed by atoms with E-state index < -0.39 is 0 Å². The number of nitrogens with zero attached hydrogens (tertiary/aromatic N) is 2. The summed E-state index contributed by atoms with van der Waals surface area (Å²) in [4.78, 5) is 24.0. The SMILES string of the molecule is COc1cccc(-c2nnc(CNC(=O)CCC(=O)c3ccc(Cl)cc3)o2)c1. The first-order valence-electron chi connectivity index (χ1n) is 8.57. The summed E-state index contributed by atoms with van der Waals surface area (Å²) in [5.41, 5.74) is 1.25. The summed E-state index contributed by atoms with van der Waals surface area (Å²) in [6, 6.07) is 13.8. The predicted octanol–water partition coefficient (Wildman–Crippen LogP) is 3.68. The lowest BCUT2D eigenvalue weighted by Gasteiger charge is -2.03. The molecule has 0 aliphatic heterocycles. The van der Waals surface area contributed by atoms with Gasteiger partial charge in [0.25, 0.3) is 0 Å². The predicted molar refractivity (Wildman–Crippen MR) is 103 cm³/mol. The van der Waals surface area contributed by atoms with Crippen LogP contribution in [-0.4, -0.2) is 29.0 Å².